The number of fused-ring (bicyclic) bond motifs is 3. The van der Waals surface area contributed by atoms with Crippen LogP contribution in [0.3, 0.4) is 0 Å². The molecule has 1 atom stereocenters. The summed E-state index contributed by atoms with van der Waals surface area (Å²) in [5, 5.41) is 0.395. The molecule has 0 saturated carbocycles. The summed E-state index contributed by atoms with van der Waals surface area (Å²) in [4.78, 5) is 4.06. The predicted molar refractivity (Wildman–Crippen MR) is 96.6 cm³/mol. The van der Waals surface area contributed by atoms with E-state index in [1.165, 1.54) is 0 Å². The number of nitrogens with two attached hydrogens (primary N) is 1. The normalized spacial score (nSPS) is 15.2. The van der Waals surface area contributed by atoms with Crippen molar-refractivity contribution in [3.8, 4) is 22.6 Å². The number of hydrogen-bond donors (Lipinski definition) is 1. The Morgan fingerprint density at radius 2 is 2.12 bits per heavy atom. The van der Waals surface area contributed by atoms with Gasteiger partial charge in [-0.2, -0.15) is 0 Å². The van der Waals surface area contributed by atoms with Crippen LogP contribution in [0.5, 0.6) is 11.5 Å². The van der Waals surface area contributed by atoms with Crippen LogP contribution in [0.25, 0.3) is 11.1 Å². The fourth-order valence-electron chi connectivity index (χ4n) is 3.20. The smallest absolute Gasteiger partial charge is 0.171 e. The van der Waals surface area contributed by atoms with Crippen LogP contribution in [0.4, 0.5) is 0 Å². The molecule has 3 rings (SSSR count). The average Bonchev–Trinajstić information content (AvgIpc) is 2.51. The van der Waals surface area contributed by atoms with E-state index in [1.54, 1.807) is 6.20 Å². The minimum absolute atomic E-state index is 0.341. The molecule has 128 valence electrons. The zero-order chi connectivity index (χ0) is 17.3. The topological polar surface area (TPSA) is 57.4 Å². The minimum atomic E-state index is -0.341. The summed E-state index contributed by atoms with van der Waals surface area (Å²) < 4.78 is 11.7. The van der Waals surface area contributed by atoms with Crippen molar-refractivity contribution in [3.63, 3.8) is 0 Å². The van der Waals surface area contributed by atoms with Gasteiger partial charge in [0.1, 0.15) is 19.0 Å². The molecule has 1 aliphatic rings. The van der Waals surface area contributed by atoms with Crippen LogP contribution in [-0.4, -0.2) is 17.1 Å². The number of hydrogen-bond acceptors (Lipinski definition) is 4. The molecule has 1 unspecified atom stereocenters. The largest absolute Gasteiger partial charge is 0.492 e. The summed E-state index contributed by atoms with van der Waals surface area (Å²) in [6.07, 6.45) is 2.61. The summed E-state index contributed by atoms with van der Waals surface area (Å²) in [6.45, 7) is 7.30. The summed E-state index contributed by atoms with van der Waals surface area (Å²) in [7, 11) is 0. The van der Waals surface area contributed by atoms with Gasteiger partial charge in [-0.15, -0.1) is 0 Å². The van der Waals surface area contributed by atoms with Gasteiger partial charge in [-0.25, -0.2) is 4.98 Å². The Balaban J connectivity index is 1.79. The Morgan fingerprint density at radius 3 is 2.88 bits per heavy atom. The molecule has 5 heteroatoms. The van der Waals surface area contributed by atoms with Crippen molar-refractivity contribution in [2.24, 2.45) is 11.7 Å². The Labute approximate surface area is 147 Å². The van der Waals surface area contributed by atoms with E-state index in [9.17, 15) is 0 Å². The van der Waals surface area contributed by atoms with E-state index in [2.05, 4.69) is 18.8 Å². The highest BCUT2D eigenvalue weighted by molar-refractivity contribution is 6.31. The van der Waals surface area contributed by atoms with E-state index in [0.29, 0.717) is 30.0 Å². The Kier molecular flexibility index (Phi) is 4.70. The van der Waals surface area contributed by atoms with Gasteiger partial charge >= 0.3 is 0 Å². The van der Waals surface area contributed by atoms with Gasteiger partial charge in [0.05, 0.1) is 0 Å². The highest BCUT2D eigenvalue weighted by Crippen LogP contribution is 2.41. The maximum atomic E-state index is 6.31. The number of aromatic nitrogens is 1. The highest BCUT2D eigenvalue weighted by atomic mass is 35.5. The lowest BCUT2D eigenvalue weighted by molar-refractivity contribution is 0.206. The summed E-state index contributed by atoms with van der Waals surface area (Å²) in [5.74, 6) is 1.99. The van der Waals surface area contributed by atoms with E-state index in [4.69, 9.17) is 26.8 Å². The van der Waals surface area contributed by atoms with Gasteiger partial charge in [0.25, 0.3) is 0 Å². The van der Waals surface area contributed by atoms with Gasteiger partial charge in [-0.3, -0.25) is 0 Å². The quantitative estimate of drug-likeness (QED) is 0.813. The molecule has 0 bridgehead atoms. The first-order valence-corrected chi connectivity index (χ1v) is 8.56. The van der Waals surface area contributed by atoms with Crippen molar-refractivity contribution >= 4 is 11.6 Å². The zero-order valence-corrected chi connectivity index (χ0v) is 15.1. The maximum Gasteiger partial charge on any atom is 0.171 e. The SMILES string of the molecule is CC(C)CC(C)(N)COc1ccc2c(c1)COc1c-2ccnc1Cl. The molecule has 0 aliphatic carbocycles. The first-order chi connectivity index (χ1) is 11.4. The van der Waals surface area contributed by atoms with Gasteiger partial charge in [-0.1, -0.05) is 31.5 Å². The molecular weight excluding hydrogens is 324 g/mol. The lowest BCUT2D eigenvalue weighted by Crippen LogP contribution is -2.43. The van der Waals surface area contributed by atoms with E-state index in [-0.39, 0.29) is 5.54 Å². The van der Waals surface area contributed by atoms with Crippen molar-refractivity contribution in [1.29, 1.82) is 0 Å². The van der Waals surface area contributed by atoms with E-state index in [1.807, 2.05) is 31.2 Å². The van der Waals surface area contributed by atoms with Crippen molar-refractivity contribution in [1.82, 2.24) is 4.98 Å². The lowest BCUT2D eigenvalue weighted by atomic mass is 9.93. The van der Waals surface area contributed by atoms with Crippen LogP contribution >= 0.6 is 11.6 Å². The molecule has 0 radical (unpaired) electrons. The van der Waals surface area contributed by atoms with E-state index < -0.39 is 0 Å². The maximum absolute atomic E-state index is 6.31. The standard InChI is InChI=1S/C19H23ClN2O2/c1-12(2)9-19(3,21)11-24-14-4-5-15-13(8-14)10-23-17-16(15)6-7-22-18(17)20/h4-8,12H,9-11,21H2,1-3H3. The molecule has 0 amide bonds. The number of halogens is 1. The van der Waals surface area contributed by atoms with Crippen LogP contribution in [0.15, 0.2) is 30.5 Å². The number of rotatable bonds is 5. The van der Waals surface area contributed by atoms with Gasteiger partial charge in [0.15, 0.2) is 10.9 Å². The third kappa shape index (κ3) is 3.65. The highest BCUT2D eigenvalue weighted by Gasteiger charge is 2.23. The summed E-state index contributed by atoms with van der Waals surface area (Å²) in [6, 6.07) is 7.93. The third-order valence-electron chi connectivity index (χ3n) is 4.04. The summed E-state index contributed by atoms with van der Waals surface area (Å²) in [5.41, 5.74) is 9.11. The monoisotopic (exact) mass is 346 g/mol. The van der Waals surface area contributed by atoms with Crippen molar-refractivity contribution in [3.05, 3.63) is 41.2 Å². The number of ether oxygens (including phenoxy) is 2. The van der Waals surface area contributed by atoms with Crippen LogP contribution in [0, 0.1) is 5.92 Å². The molecule has 0 spiro atoms. The molecule has 0 saturated heterocycles. The molecular formula is C19H23ClN2O2. The number of pyridine rings is 1. The molecule has 2 aromatic rings. The molecule has 24 heavy (non-hydrogen) atoms. The molecule has 0 fully saturated rings. The van der Waals surface area contributed by atoms with Gasteiger partial charge < -0.3 is 15.2 Å². The lowest BCUT2D eigenvalue weighted by Gasteiger charge is -2.27. The van der Waals surface area contributed by atoms with Gasteiger partial charge in [0.2, 0.25) is 0 Å². The van der Waals surface area contributed by atoms with Gasteiger partial charge in [0, 0.05) is 22.9 Å². The molecule has 4 nitrogen and oxygen atoms in total. The Bertz CT molecular complexity index is 744. The molecule has 1 aromatic heterocycles. The average molecular weight is 347 g/mol. The fourth-order valence-corrected chi connectivity index (χ4v) is 3.42. The van der Waals surface area contributed by atoms with E-state index >= 15 is 0 Å². The first kappa shape index (κ1) is 17.1. The van der Waals surface area contributed by atoms with Crippen molar-refractivity contribution in [2.45, 2.75) is 39.3 Å². The molecule has 1 aromatic carbocycles. The van der Waals surface area contributed by atoms with Crippen molar-refractivity contribution < 1.29 is 9.47 Å². The minimum Gasteiger partial charge on any atom is -0.492 e. The zero-order valence-electron chi connectivity index (χ0n) is 14.3. The molecule has 2 heterocycles. The predicted octanol–water partition coefficient (Wildman–Crippen LogP) is 4.44. The number of benzene rings is 1. The van der Waals surface area contributed by atoms with Gasteiger partial charge in [-0.05, 0) is 43.0 Å². The molecule has 2 N–H and O–H groups in total. The van der Waals surface area contributed by atoms with Crippen LogP contribution in [0.1, 0.15) is 32.8 Å². The number of nitrogens with zero attached hydrogens (tertiary/aromatic N) is 1. The van der Waals surface area contributed by atoms with Crippen LogP contribution in [0.2, 0.25) is 5.15 Å². The second kappa shape index (κ2) is 6.61. The molecule has 1 aliphatic heterocycles. The second-order valence-electron chi connectivity index (χ2n) is 7.13. The van der Waals surface area contributed by atoms with Crippen LogP contribution in [-0.2, 0) is 6.61 Å². The Hall–Kier alpha value is -1.78. The Morgan fingerprint density at radius 1 is 1.33 bits per heavy atom. The summed E-state index contributed by atoms with van der Waals surface area (Å²) >= 11 is 6.11. The fraction of sp³-hybridized carbons (Fsp3) is 0.421. The van der Waals surface area contributed by atoms with Crippen LogP contribution < -0.4 is 15.2 Å². The van der Waals surface area contributed by atoms with E-state index in [0.717, 1.165) is 28.9 Å². The second-order valence-corrected chi connectivity index (χ2v) is 7.48. The third-order valence-corrected chi connectivity index (χ3v) is 4.31. The first-order valence-electron chi connectivity index (χ1n) is 8.18. The van der Waals surface area contributed by atoms with Crippen molar-refractivity contribution in [2.75, 3.05) is 6.61 Å².